The van der Waals surface area contributed by atoms with E-state index in [1.54, 1.807) is 4.90 Å². The molecule has 0 saturated carbocycles. The molecule has 1 atom stereocenters. The highest BCUT2D eigenvalue weighted by atomic mass is 16.5. The van der Waals surface area contributed by atoms with E-state index in [4.69, 9.17) is 11.2 Å². The van der Waals surface area contributed by atoms with Crippen molar-refractivity contribution in [3.8, 4) is 18.1 Å². The SMILES string of the molecule is C#CCN(CC)C(=O)C1CCOc2ccccc21. The van der Waals surface area contributed by atoms with E-state index in [-0.39, 0.29) is 11.8 Å². The van der Waals surface area contributed by atoms with Crippen molar-refractivity contribution in [2.24, 2.45) is 0 Å². The summed E-state index contributed by atoms with van der Waals surface area (Å²) in [4.78, 5) is 14.2. The van der Waals surface area contributed by atoms with Crippen LogP contribution in [0.4, 0.5) is 0 Å². The molecule has 2 rings (SSSR count). The van der Waals surface area contributed by atoms with Crippen LogP contribution in [-0.2, 0) is 4.79 Å². The molecule has 3 heteroatoms. The molecule has 0 aromatic heterocycles. The van der Waals surface area contributed by atoms with Crippen molar-refractivity contribution in [2.45, 2.75) is 19.3 Å². The van der Waals surface area contributed by atoms with E-state index in [9.17, 15) is 4.79 Å². The monoisotopic (exact) mass is 243 g/mol. The standard InChI is InChI=1S/C15H17NO2/c1-3-10-16(4-2)15(17)13-9-11-18-14-8-6-5-7-12(13)14/h1,5-8,13H,4,9-11H2,2H3. The molecule has 1 unspecified atom stereocenters. The summed E-state index contributed by atoms with van der Waals surface area (Å²) in [5.74, 6) is 3.34. The summed E-state index contributed by atoms with van der Waals surface area (Å²) in [5, 5.41) is 0. The van der Waals surface area contributed by atoms with Crippen molar-refractivity contribution in [1.82, 2.24) is 4.90 Å². The van der Waals surface area contributed by atoms with Crippen LogP contribution in [0.25, 0.3) is 0 Å². The van der Waals surface area contributed by atoms with Crippen LogP contribution in [0.1, 0.15) is 24.8 Å². The van der Waals surface area contributed by atoms with Gasteiger partial charge in [0.15, 0.2) is 0 Å². The molecule has 1 aromatic carbocycles. The number of amides is 1. The number of carbonyl (C=O) groups excluding carboxylic acids is 1. The Morgan fingerprint density at radius 2 is 2.33 bits per heavy atom. The number of fused-ring (bicyclic) bond motifs is 1. The Labute approximate surface area is 108 Å². The van der Waals surface area contributed by atoms with E-state index in [2.05, 4.69) is 5.92 Å². The normalized spacial score (nSPS) is 17.2. The van der Waals surface area contributed by atoms with E-state index in [0.717, 1.165) is 17.7 Å². The predicted molar refractivity (Wildman–Crippen MR) is 70.4 cm³/mol. The van der Waals surface area contributed by atoms with Crippen molar-refractivity contribution in [3.05, 3.63) is 29.8 Å². The number of likely N-dealkylation sites (N-methyl/N-ethyl adjacent to an activating group) is 1. The summed E-state index contributed by atoms with van der Waals surface area (Å²) in [6.07, 6.45) is 6.02. The smallest absolute Gasteiger partial charge is 0.231 e. The van der Waals surface area contributed by atoms with Gasteiger partial charge in [0.1, 0.15) is 5.75 Å². The fraction of sp³-hybridized carbons (Fsp3) is 0.400. The average Bonchev–Trinajstić information content (AvgIpc) is 2.43. The van der Waals surface area contributed by atoms with Crippen LogP contribution in [0.15, 0.2) is 24.3 Å². The van der Waals surface area contributed by atoms with Crippen molar-refractivity contribution in [2.75, 3.05) is 19.7 Å². The van der Waals surface area contributed by atoms with Gasteiger partial charge >= 0.3 is 0 Å². The minimum atomic E-state index is -0.122. The lowest BCUT2D eigenvalue weighted by Gasteiger charge is -2.29. The second-order valence-electron chi connectivity index (χ2n) is 4.28. The zero-order valence-electron chi connectivity index (χ0n) is 10.6. The Morgan fingerprint density at radius 3 is 3.06 bits per heavy atom. The number of ether oxygens (including phenoxy) is 1. The van der Waals surface area contributed by atoms with Gasteiger partial charge in [-0.3, -0.25) is 4.79 Å². The van der Waals surface area contributed by atoms with Crippen LogP contribution < -0.4 is 4.74 Å². The number of nitrogens with zero attached hydrogens (tertiary/aromatic N) is 1. The Hall–Kier alpha value is -1.95. The maximum absolute atomic E-state index is 12.5. The van der Waals surface area contributed by atoms with Crippen molar-refractivity contribution in [3.63, 3.8) is 0 Å². The molecule has 1 aliphatic heterocycles. The zero-order valence-corrected chi connectivity index (χ0v) is 10.6. The maximum atomic E-state index is 12.5. The molecule has 1 aromatic rings. The van der Waals surface area contributed by atoms with E-state index in [1.165, 1.54) is 0 Å². The average molecular weight is 243 g/mol. The fourth-order valence-corrected chi connectivity index (χ4v) is 2.27. The van der Waals surface area contributed by atoms with E-state index >= 15 is 0 Å². The molecule has 0 bridgehead atoms. The van der Waals surface area contributed by atoms with Crippen molar-refractivity contribution in [1.29, 1.82) is 0 Å². The van der Waals surface area contributed by atoms with Gasteiger partial charge in [-0.05, 0) is 19.4 Å². The van der Waals surface area contributed by atoms with Crippen LogP contribution in [0.2, 0.25) is 0 Å². The number of carbonyl (C=O) groups is 1. The quantitative estimate of drug-likeness (QED) is 0.760. The molecule has 18 heavy (non-hydrogen) atoms. The third-order valence-corrected chi connectivity index (χ3v) is 3.23. The van der Waals surface area contributed by atoms with E-state index < -0.39 is 0 Å². The van der Waals surface area contributed by atoms with Crippen LogP contribution in [0.3, 0.4) is 0 Å². The van der Waals surface area contributed by atoms with E-state index in [1.807, 2.05) is 31.2 Å². The van der Waals surface area contributed by atoms with E-state index in [0.29, 0.717) is 19.7 Å². The summed E-state index contributed by atoms with van der Waals surface area (Å²) in [7, 11) is 0. The molecule has 0 saturated heterocycles. The lowest BCUT2D eigenvalue weighted by atomic mass is 9.92. The highest BCUT2D eigenvalue weighted by Gasteiger charge is 2.29. The second-order valence-corrected chi connectivity index (χ2v) is 4.28. The first-order chi connectivity index (χ1) is 8.77. The van der Waals surface area contributed by atoms with Gasteiger partial charge in [-0.1, -0.05) is 24.1 Å². The number of hydrogen-bond acceptors (Lipinski definition) is 2. The summed E-state index contributed by atoms with van der Waals surface area (Å²) in [6, 6.07) is 7.73. The summed E-state index contributed by atoms with van der Waals surface area (Å²) < 4.78 is 5.57. The first kappa shape index (κ1) is 12.5. The molecule has 3 nitrogen and oxygen atoms in total. The number of para-hydroxylation sites is 1. The topological polar surface area (TPSA) is 29.5 Å². The highest BCUT2D eigenvalue weighted by molar-refractivity contribution is 5.85. The summed E-state index contributed by atoms with van der Waals surface area (Å²) in [6.45, 7) is 3.54. The zero-order chi connectivity index (χ0) is 13.0. The largest absolute Gasteiger partial charge is 0.493 e. The highest BCUT2D eigenvalue weighted by Crippen LogP contribution is 2.34. The number of terminal acetylenes is 1. The molecule has 94 valence electrons. The minimum Gasteiger partial charge on any atom is -0.493 e. The summed E-state index contributed by atoms with van der Waals surface area (Å²) in [5.41, 5.74) is 0.976. The molecule has 0 fully saturated rings. The Kier molecular flexibility index (Phi) is 3.88. The predicted octanol–water partition coefficient (Wildman–Crippen LogP) is 2.03. The van der Waals surface area contributed by atoms with Crippen molar-refractivity contribution < 1.29 is 9.53 Å². The van der Waals surface area contributed by atoms with Crippen LogP contribution in [0.5, 0.6) is 5.75 Å². The van der Waals surface area contributed by atoms with Gasteiger partial charge in [0.05, 0.1) is 19.1 Å². The Balaban J connectivity index is 2.25. The first-order valence-corrected chi connectivity index (χ1v) is 6.22. The van der Waals surface area contributed by atoms with Crippen LogP contribution >= 0.6 is 0 Å². The van der Waals surface area contributed by atoms with Gasteiger partial charge in [-0.2, -0.15) is 0 Å². The minimum absolute atomic E-state index is 0.103. The second kappa shape index (κ2) is 5.59. The molecule has 1 heterocycles. The third-order valence-electron chi connectivity index (χ3n) is 3.23. The van der Waals surface area contributed by atoms with Gasteiger partial charge in [0.25, 0.3) is 0 Å². The number of rotatable bonds is 3. The van der Waals surface area contributed by atoms with Gasteiger partial charge in [-0.15, -0.1) is 6.42 Å². The maximum Gasteiger partial charge on any atom is 0.231 e. The summed E-state index contributed by atoms with van der Waals surface area (Å²) >= 11 is 0. The molecule has 0 radical (unpaired) electrons. The lowest BCUT2D eigenvalue weighted by Crippen LogP contribution is -2.37. The molecular formula is C15H17NO2. The van der Waals surface area contributed by atoms with Gasteiger partial charge in [-0.25, -0.2) is 0 Å². The van der Waals surface area contributed by atoms with Gasteiger partial charge < -0.3 is 9.64 Å². The molecule has 0 aliphatic carbocycles. The number of benzene rings is 1. The molecular weight excluding hydrogens is 226 g/mol. The molecule has 1 amide bonds. The third kappa shape index (κ3) is 2.33. The fourth-order valence-electron chi connectivity index (χ4n) is 2.27. The lowest BCUT2D eigenvalue weighted by molar-refractivity contribution is -0.132. The van der Waals surface area contributed by atoms with Crippen LogP contribution in [-0.4, -0.2) is 30.5 Å². The molecule has 1 aliphatic rings. The first-order valence-electron chi connectivity index (χ1n) is 6.22. The Bertz CT molecular complexity index is 476. The van der Waals surface area contributed by atoms with Gasteiger partial charge in [0, 0.05) is 12.1 Å². The number of hydrogen-bond donors (Lipinski definition) is 0. The van der Waals surface area contributed by atoms with Gasteiger partial charge in [0.2, 0.25) is 5.91 Å². The van der Waals surface area contributed by atoms with Crippen LogP contribution in [0, 0.1) is 12.3 Å². The molecule has 0 spiro atoms. The molecule has 0 N–H and O–H groups in total. The Morgan fingerprint density at radius 1 is 1.56 bits per heavy atom. The van der Waals surface area contributed by atoms with Crippen molar-refractivity contribution >= 4 is 5.91 Å².